The molecule has 1 aliphatic rings. The molecule has 24 heavy (non-hydrogen) atoms. The minimum absolute atomic E-state index is 0.0965. The van der Waals surface area contributed by atoms with Crippen molar-refractivity contribution in [3.8, 4) is 0 Å². The number of aromatic nitrogens is 4. The van der Waals surface area contributed by atoms with Gasteiger partial charge >= 0.3 is 0 Å². The van der Waals surface area contributed by atoms with Crippen molar-refractivity contribution in [2.24, 2.45) is 7.05 Å². The Morgan fingerprint density at radius 2 is 2.12 bits per heavy atom. The number of fused-ring (bicyclic) bond motifs is 1. The lowest BCUT2D eigenvalue weighted by Gasteiger charge is -2.17. The maximum atomic E-state index is 13.9. The van der Waals surface area contributed by atoms with Gasteiger partial charge in [-0.05, 0) is 18.6 Å². The Bertz CT molecular complexity index is 928. The number of hydrogen-bond donors (Lipinski definition) is 0. The van der Waals surface area contributed by atoms with Crippen LogP contribution in [0.4, 0.5) is 10.1 Å². The first-order valence-electron chi connectivity index (χ1n) is 7.50. The predicted octanol–water partition coefficient (Wildman–Crippen LogP) is 2.40. The van der Waals surface area contributed by atoms with Crippen molar-refractivity contribution in [3.05, 3.63) is 42.6 Å². The third kappa shape index (κ3) is 2.43. The third-order valence-corrected chi connectivity index (χ3v) is 5.32. The molecule has 6 nitrogen and oxygen atoms in total. The van der Waals surface area contributed by atoms with Gasteiger partial charge in [0.25, 0.3) is 0 Å². The van der Waals surface area contributed by atoms with Crippen LogP contribution in [0.5, 0.6) is 0 Å². The molecule has 1 atom stereocenters. The average molecular weight is 343 g/mol. The molecule has 0 spiro atoms. The lowest BCUT2D eigenvalue weighted by atomic mass is 10.3. The number of para-hydroxylation sites is 1. The van der Waals surface area contributed by atoms with Crippen LogP contribution in [0.25, 0.3) is 11.0 Å². The zero-order valence-corrected chi connectivity index (χ0v) is 13.7. The van der Waals surface area contributed by atoms with Gasteiger partial charge in [-0.2, -0.15) is 5.10 Å². The summed E-state index contributed by atoms with van der Waals surface area (Å²) in [6.07, 6.45) is 3.82. The molecule has 2 aromatic heterocycles. The first-order valence-corrected chi connectivity index (χ1v) is 8.38. The number of carbonyl (C=O) groups excluding carboxylic acids is 1. The van der Waals surface area contributed by atoms with Crippen LogP contribution in [0.2, 0.25) is 0 Å². The van der Waals surface area contributed by atoms with E-state index in [-0.39, 0.29) is 17.0 Å². The van der Waals surface area contributed by atoms with Gasteiger partial charge in [0.2, 0.25) is 5.91 Å². The van der Waals surface area contributed by atoms with Crippen molar-refractivity contribution in [1.29, 1.82) is 0 Å². The summed E-state index contributed by atoms with van der Waals surface area (Å²) in [5.41, 5.74) is 1.06. The SMILES string of the molecule is Cn1ncc2c(S[C@H]3CCN(c4ccccc4F)C3=O)ncnc21. The number of benzene rings is 1. The molecule has 1 fully saturated rings. The summed E-state index contributed by atoms with van der Waals surface area (Å²) in [5.74, 6) is -0.478. The van der Waals surface area contributed by atoms with E-state index < -0.39 is 0 Å². The lowest BCUT2D eigenvalue weighted by Crippen LogP contribution is -2.28. The fourth-order valence-corrected chi connectivity index (χ4v) is 3.94. The number of halogens is 1. The molecule has 4 rings (SSSR count). The molecule has 122 valence electrons. The summed E-state index contributed by atoms with van der Waals surface area (Å²) in [5, 5.41) is 5.44. The third-order valence-electron chi connectivity index (χ3n) is 4.05. The van der Waals surface area contributed by atoms with Gasteiger partial charge in [0.1, 0.15) is 17.2 Å². The molecule has 0 saturated carbocycles. The molecule has 0 N–H and O–H groups in total. The van der Waals surface area contributed by atoms with E-state index in [4.69, 9.17) is 0 Å². The van der Waals surface area contributed by atoms with Crippen molar-refractivity contribution in [2.45, 2.75) is 16.7 Å². The minimum atomic E-state index is -0.381. The second kappa shape index (κ2) is 5.86. The Balaban J connectivity index is 1.60. The van der Waals surface area contributed by atoms with E-state index in [1.54, 1.807) is 29.1 Å². The van der Waals surface area contributed by atoms with Gasteiger partial charge in [-0.15, -0.1) is 0 Å². The van der Waals surface area contributed by atoms with Crippen molar-refractivity contribution in [3.63, 3.8) is 0 Å². The van der Waals surface area contributed by atoms with E-state index in [0.29, 0.717) is 18.7 Å². The molecule has 0 radical (unpaired) electrons. The molecule has 1 amide bonds. The van der Waals surface area contributed by atoms with E-state index in [9.17, 15) is 9.18 Å². The van der Waals surface area contributed by atoms with Crippen molar-refractivity contribution >= 4 is 34.4 Å². The van der Waals surface area contributed by atoms with Crippen molar-refractivity contribution < 1.29 is 9.18 Å². The molecule has 1 saturated heterocycles. The normalized spacial score (nSPS) is 17.8. The monoisotopic (exact) mass is 343 g/mol. The van der Waals surface area contributed by atoms with Crippen LogP contribution in [0, 0.1) is 5.82 Å². The molecule has 3 heterocycles. The van der Waals surface area contributed by atoms with Crippen LogP contribution < -0.4 is 4.90 Å². The predicted molar refractivity (Wildman–Crippen MR) is 89.3 cm³/mol. The summed E-state index contributed by atoms with van der Waals surface area (Å²) in [6, 6.07) is 6.35. The zero-order valence-electron chi connectivity index (χ0n) is 12.9. The van der Waals surface area contributed by atoms with Crippen LogP contribution >= 0.6 is 11.8 Å². The highest BCUT2D eigenvalue weighted by Gasteiger charge is 2.35. The second-order valence-electron chi connectivity index (χ2n) is 5.52. The van der Waals surface area contributed by atoms with Crippen molar-refractivity contribution in [1.82, 2.24) is 19.7 Å². The van der Waals surface area contributed by atoms with Crippen LogP contribution in [-0.4, -0.2) is 37.5 Å². The fraction of sp³-hybridized carbons (Fsp3) is 0.250. The first kappa shape index (κ1) is 15.1. The first-order chi connectivity index (χ1) is 11.6. The van der Waals surface area contributed by atoms with Gasteiger partial charge in [0.05, 0.1) is 22.5 Å². The Kier molecular flexibility index (Phi) is 3.68. The van der Waals surface area contributed by atoms with Gasteiger partial charge in [0.15, 0.2) is 5.65 Å². The summed E-state index contributed by atoms with van der Waals surface area (Å²) in [6.45, 7) is 0.499. The smallest absolute Gasteiger partial charge is 0.240 e. The van der Waals surface area contributed by atoms with Crippen LogP contribution in [0.1, 0.15) is 6.42 Å². The van der Waals surface area contributed by atoms with Gasteiger partial charge in [-0.25, -0.2) is 14.4 Å². The number of amides is 1. The molecule has 3 aromatic rings. The minimum Gasteiger partial charge on any atom is -0.309 e. The van der Waals surface area contributed by atoms with E-state index in [1.807, 2.05) is 7.05 Å². The number of thioether (sulfide) groups is 1. The van der Waals surface area contributed by atoms with Gasteiger partial charge in [-0.1, -0.05) is 23.9 Å². The molecule has 0 aliphatic carbocycles. The van der Waals surface area contributed by atoms with Gasteiger partial charge in [0, 0.05) is 13.6 Å². The zero-order chi connectivity index (χ0) is 16.7. The number of anilines is 1. The summed E-state index contributed by atoms with van der Waals surface area (Å²) in [4.78, 5) is 22.7. The van der Waals surface area contributed by atoms with E-state index in [0.717, 1.165) is 16.1 Å². The summed E-state index contributed by atoms with van der Waals surface area (Å²) < 4.78 is 15.6. The molecule has 8 heteroatoms. The average Bonchev–Trinajstić information content (AvgIpc) is 3.13. The number of rotatable bonds is 3. The summed E-state index contributed by atoms with van der Waals surface area (Å²) in [7, 11) is 1.81. The number of aryl methyl sites for hydroxylation is 1. The second-order valence-corrected chi connectivity index (χ2v) is 6.71. The lowest BCUT2D eigenvalue weighted by molar-refractivity contribution is -0.116. The van der Waals surface area contributed by atoms with Crippen molar-refractivity contribution in [2.75, 3.05) is 11.4 Å². The quantitative estimate of drug-likeness (QED) is 0.683. The van der Waals surface area contributed by atoms with E-state index in [1.165, 1.54) is 29.1 Å². The highest BCUT2D eigenvalue weighted by atomic mass is 32.2. The maximum absolute atomic E-state index is 13.9. The topological polar surface area (TPSA) is 63.9 Å². The maximum Gasteiger partial charge on any atom is 0.240 e. The van der Waals surface area contributed by atoms with Gasteiger partial charge < -0.3 is 4.90 Å². The molecular formula is C16H14FN5OS. The molecule has 0 unspecified atom stereocenters. The molecular weight excluding hydrogens is 329 g/mol. The van der Waals surface area contributed by atoms with E-state index in [2.05, 4.69) is 15.1 Å². The Hall–Kier alpha value is -2.48. The van der Waals surface area contributed by atoms with Crippen LogP contribution in [0.3, 0.4) is 0 Å². The van der Waals surface area contributed by atoms with Crippen LogP contribution in [-0.2, 0) is 11.8 Å². The number of carbonyl (C=O) groups is 1. The Labute approximate surface area is 141 Å². The molecule has 1 aromatic carbocycles. The van der Waals surface area contributed by atoms with E-state index >= 15 is 0 Å². The molecule has 1 aliphatic heterocycles. The number of hydrogen-bond acceptors (Lipinski definition) is 5. The highest BCUT2D eigenvalue weighted by molar-refractivity contribution is 8.00. The largest absolute Gasteiger partial charge is 0.309 e. The highest BCUT2D eigenvalue weighted by Crippen LogP contribution is 2.35. The Morgan fingerprint density at radius 3 is 2.96 bits per heavy atom. The summed E-state index contributed by atoms with van der Waals surface area (Å²) >= 11 is 1.39. The fourth-order valence-electron chi connectivity index (χ4n) is 2.84. The van der Waals surface area contributed by atoms with Crippen LogP contribution in [0.15, 0.2) is 41.8 Å². The Morgan fingerprint density at radius 1 is 1.29 bits per heavy atom. The molecule has 0 bridgehead atoms. The number of nitrogens with zero attached hydrogens (tertiary/aromatic N) is 5. The standard InChI is InChI=1S/C16H14FN5OS/c1-21-14-10(8-20-21)15(19-9-18-14)24-13-6-7-22(16(13)23)12-5-3-2-4-11(12)17/h2-5,8-9,13H,6-7H2,1H3/t13-/m0/s1. The van der Waals surface area contributed by atoms with Gasteiger partial charge in [-0.3, -0.25) is 9.48 Å².